The number of hydrogen-bond donors (Lipinski definition) is 1. The van der Waals surface area contributed by atoms with E-state index in [1.54, 1.807) is 44.2 Å². The predicted octanol–water partition coefficient (Wildman–Crippen LogP) is 7.28. The largest absolute Gasteiger partial charge is 0.461 e. The summed E-state index contributed by atoms with van der Waals surface area (Å²) in [7, 11) is -1.90. The second kappa shape index (κ2) is 11.2. The van der Waals surface area contributed by atoms with E-state index in [2.05, 4.69) is 20.7 Å². The van der Waals surface area contributed by atoms with Crippen molar-refractivity contribution in [2.75, 3.05) is 0 Å². The summed E-state index contributed by atoms with van der Waals surface area (Å²) in [6.07, 6.45) is -8.94. The lowest BCUT2D eigenvalue weighted by atomic mass is 9.66. The van der Waals surface area contributed by atoms with Crippen molar-refractivity contribution in [2.24, 2.45) is 5.14 Å². The van der Waals surface area contributed by atoms with Gasteiger partial charge in [0.1, 0.15) is 17.4 Å². The fourth-order valence-electron chi connectivity index (χ4n) is 4.27. The van der Waals surface area contributed by atoms with Crippen LogP contribution in [0.4, 0.5) is 26.3 Å². The van der Waals surface area contributed by atoms with Gasteiger partial charge in [-0.25, -0.2) is 13.0 Å². The highest BCUT2D eigenvalue weighted by atomic mass is 79.9. The quantitative estimate of drug-likeness (QED) is 0.246. The lowest BCUT2D eigenvalue weighted by Crippen LogP contribution is -2.43. The first-order valence-electron chi connectivity index (χ1n) is 11.0. The number of alkyl halides is 4. The van der Waals surface area contributed by atoms with Crippen molar-refractivity contribution >= 4 is 26.9 Å². The van der Waals surface area contributed by atoms with Crippen LogP contribution in [0.2, 0.25) is 0 Å². The standard InChI is InChI=1S/C26H24BrF6NO2S/c1-24(2,37(34)35)15-25(14-16-6-4-3-5-7-16,17-8-9-22(29)21(27)12-17)18-10-19(28)13-20(11-18)36-26(32,33)23(30)31/h3-13,23H,14-15,34H2,1-2H3/t25-,37?/m1/s1. The summed E-state index contributed by atoms with van der Waals surface area (Å²) in [5.74, 6) is -2.44. The second-order valence-electron chi connectivity index (χ2n) is 9.25. The molecule has 0 fully saturated rings. The number of rotatable bonds is 10. The maximum absolute atomic E-state index is 14.9. The molecule has 0 bridgehead atoms. The number of nitrogens with two attached hydrogens (primary N) is 1. The van der Waals surface area contributed by atoms with Crippen LogP contribution in [0.3, 0.4) is 0 Å². The van der Waals surface area contributed by atoms with Crippen molar-refractivity contribution in [3.05, 3.63) is 99.5 Å². The SMILES string of the molecule is CC(C)(C[C@@](Cc1ccccc1)(c1cc(F)cc(OC(F)(F)C(F)F)c1)c1ccc(F)c(Br)c1)S(N)=O. The van der Waals surface area contributed by atoms with E-state index >= 15 is 0 Å². The number of ether oxygens (including phenoxy) is 1. The third kappa shape index (κ3) is 6.74. The summed E-state index contributed by atoms with van der Waals surface area (Å²) in [5, 5.41) is 5.78. The van der Waals surface area contributed by atoms with E-state index in [1.165, 1.54) is 18.2 Å². The fourth-order valence-corrected chi connectivity index (χ4v) is 5.04. The van der Waals surface area contributed by atoms with Gasteiger partial charge < -0.3 is 4.74 Å². The molecule has 37 heavy (non-hydrogen) atoms. The third-order valence-corrected chi connectivity index (χ3v) is 7.87. The van der Waals surface area contributed by atoms with Crippen LogP contribution in [0.15, 0.2) is 71.2 Å². The number of halogens is 7. The highest BCUT2D eigenvalue weighted by Crippen LogP contribution is 2.46. The molecule has 3 aromatic rings. The normalized spacial score (nSPS) is 14.9. The van der Waals surface area contributed by atoms with Crippen LogP contribution >= 0.6 is 15.9 Å². The van der Waals surface area contributed by atoms with Crippen molar-refractivity contribution < 1.29 is 35.3 Å². The molecule has 0 heterocycles. The maximum Gasteiger partial charge on any atom is 0.461 e. The molecular formula is C26H24BrF6NO2S. The molecule has 2 atom stereocenters. The first-order valence-corrected chi connectivity index (χ1v) is 13.0. The van der Waals surface area contributed by atoms with Crippen molar-refractivity contribution in [3.63, 3.8) is 0 Å². The van der Waals surface area contributed by atoms with Crippen LogP contribution in [0, 0.1) is 11.6 Å². The first-order chi connectivity index (χ1) is 17.2. The highest BCUT2D eigenvalue weighted by Gasteiger charge is 2.46. The third-order valence-electron chi connectivity index (χ3n) is 6.02. The molecule has 0 aromatic heterocycles. The van der Waals surface area contributed by atoms with E-state index in [0.717, 1.165) is 17.7 Å². The van der Waals surface area contributed by atoms with Gasteiger partial charge in [-0.15, -0.1) is 0 Å². The summed E-state index contributed by atoms with van der Waals surface area (Å²) in [6, 6.07) is 15.6. The van der Waals surface area contributed by atoms with Gasteiger partial charge in [-0.2, -0.15) is 17.6 Å². The molecule has 0 radical (unpaired) electrons. The van der Waals surface area contributed by atoms with Gasteiger partial charge in [0, 0.05) is 11.5 Å². The zero-order valence-electron chi connectivity index (χ0n) is 19.8. The lowest BCUT2D eigenvalue weighted by Gasteiger charge is -2.41. The van der Waals surface area contributed by atoms with Crippen molar-refractivity contribution in [3.8, 4) is 5.75 Å². The number of benzene rings is 3. The van der Waals surface area contributed by atoms with E-state index in [-0.39, 0.29) is 22.9 Å². The molecular weight excluding hydrogens is 584 g/mol. The molecule has 3 aromatic carbocycles. The van der Waals surface area contributed by atoms with Crippen molar-refractivity contribution in [1.82, 2.24) is 0 Å². The van der Waals surface area contributed by atoms with Crippen molar-refractivity contribution in [1.29, 1.82) is 0 Å². The Hall–Kier alpha value is -2.37. The van der Waals surface area contributed by atoms with Gasteiger partial charge in [-0.3, -0.25) is 5.14 Å². The van der Waals surface area contributed by atoms with Crippen LogP contribution < -0.4 is 9.88 Å². The molecule has 0 saturated heterocycles. The molecule has 0 spiro atoms. The van der Waals surface area contributed by atoms with Gasteiger partial charge in [0.05, 0.1) is 20.2 Å². The van der Waals surface area contributed by atoms with E-state index in [9.17, 15) is 30.6 Å². The van der Waals surface area contributed by atoms with Gasteiger partial charge in [0.15, 0.2) is 0 Å². The monoisotopic (exact) mass is 607 g/mol. The van der Waals surface area contributed by atoms with Gasteiger partial charge in [-0.05, 0) is 83.6 Å². The predicted molar refractivity (Wildman–Crippen MR) is 134 cm³/mol. The highest BCUT2D eigenvalue weighted by molar-refractivity contribution is 9.10. The minimum atomic E-state index is -4.87. The summed E-state index contributed by atoms with van der Waals surface area (Å²) in [6.45, 7) is 3.23. The molecule has 3 nitrogen and oxygen atoms in total. The smallest absolute Gasteiger partial charge is 0.428 e. The summed E-state index contributed by atoms with van der Waals surface area (Å²) < 4.78 is 97.9. The molecule has 0 aliphatic carbocycles. The van der Waals surface area contributed by atoms with Gasteiger partial charge in [0.2, 0.25) is 0 Å². The molecule has 0 saturated carbocycles. The van der Waals surface area contributed by atoms with Gasteiger partial charge in [-0.1, -0.05) is 36.4 Å². The van der Waals surface area contributed by atoms with Crippen LogP contribution in [-0.4, -0.2) is 21.5 Å². The molecule has 0 amide bonds. The Morgan fingerprint density at radius 2 is 1.62 bits per heavy atom. The maximum atomic E-state index is 14.9. The summed E-state index contributed by atoms with van der Waals surface area (Å²) in [4.78, 5) is 0. The second-order valence-corrected chi connectivity index (χ2v) is 11.8. The molecule has 11 heteroatoms. The Balaban J connectivity index is 2.35. The van der Waals surface area contributed by atoms with E-state index < -0.39 is 51.1 Å². The summed E-state index contributed by atoms with van der Waals surface area (Å²) >= 11 is 3.15. The Bertz CT molecular complexity index is 1280. The molecule has 2 N–H and O–H groups in total. The van der Waals surface area contributed by atoms with E-state index in [4.69, 9.17) is 5.14 Å². The topological polar surface area (TPSA) is 52.3 Å². The minimum absolute atomic E-state index is 0.0236. The van der Waals surface area contributed by atoms with Crippen LogP contribution in [0.5, 0.6) is 5.75 Å². The Morgan fingerprint density at radius 3 is 2.19 bits per heavy atom. The molecule has 200 valence electrons. The van der Waals surface area contributed by atoms with E-state index in [1.807, 2.05) is 0 Å². The average Bonchev–Trinajstić information content (AvgIpc) is 2.80. The lowest BCUT2D eigenvalue weighted by molar-refractivity contribution is -0.253. The van der Waals surface area contributed by atoms with Gasteiger partial charge in [0.25, 0.3) is 0 Å². The Kier molecular flexibility index (Phi) is 8.81. The van der Waals surface area contributed by atoms with Gasteiger partial charge >= 0.3 is 12.5 Å². The first kappa shape index (κ1) is 29.2. The molecule has 1 unspecified atom stereocenters. The molecule has 0 aliphatic rings. The Labute approximate surface area is 221 Å². The fraction of sp³-hybridized carbons (Fsp3) is 0.308. The number of hydrogen-bond acceptors (Lipinski definition) is 2. The average molecular weight is 608 g/mol. The van der Waals surface area contributed by atoms with Crippen LogP contribution in [-0.2, 0) is 22.8 Å². The zero-order valence-corrected chi connectivity index (χ0v) is 22.2. The molecule has 3 rings (SSSR count). The van der Waals surface area contributed by atoms with Crippen LogP contribution in [0.1, 0.15) is 37.0 Å². The van der Waals surface area contributed by atoms with E-state index in [0.29, 0.717) is 11.6 Å². The molecule has 0 aliphatic heterocycles. The summed E-state index contributed by atoms with van der Waals surface area (Å²) in [5.41, 5.74) is -0.129. The Morgan fingerprint density at radius 1 is 0.973 bits per heavy atom. The van der Waals surface area contributed by atoms with Crippen molar-refractivity contribution in [2.45, 2.75) is 49.4 Å². The minimum Gasteiger partial charge on any atom is -0.428 e. The van der Waals surface area contributed by atoms with Crippen LogP contribution in [0.25, 0.3) is 0 Å². The zero-order chi connectivity index (χ0) is 27.6.